The quantitative estimate of drug-likeness (QED) is 0.523. The summed E-state index contributed by atoms with van der Waals surface area (Å²) in [6.07, 6.45) is 7.04. The summed E-state index contributed by atoms with van der Waals surface area (Å²) in [5.74, 6) is -0.00628. The van der Waals surface area contributed by atoms with Crippen LogP contribution in [-0.2, 0) is 0 Å². The molecule has 1 aliphatic heterocycles. The number of hydrogen-bond acceptors (Lipinski definition) is 7. The number of carboxylic acid groups (broad SMARTS) is 1. The normalized spacial score (nSPS) is 13.8. The Bertz CT molecular complexity index is 1090. The molecule has 8 nitrogen and oxygen atoms in total. The fourth-order valence-electron chi connectivity index (χ4n) is 3.45. The number of aromatic carboxylic acids is 1. The van der Waals surface area contributed by atoms with Gasteiger partial charge in [-0.15, -0.1) is 0 Å². The Balaban J connectivity index is 1.40. The van der Waals surface area contributed by atoms with Gasteiger partial charge in [-0.05, 0) is 48.0 Å². The van der Waals surface area contributed by atoms with Crippen molar-refractivity contribution in [1.82, 2.24) is 15.3 Å². The van der Waals surface area contributed by atoms with Gasteiger partial charge in [0, 0.05) is 55.5 Å². The Morgan fingerprint density at radius 1 is 1.06 bits per heavy atom. The molecule has 0 aliphatic carbocycles. The van der Waals surface area contributed by atoms with E-state index in [2.05, 4.69) is 37.6 Å². The van der Waals surface area contributed by atoms with E-state index in [0.717, 1.165) is 37.4 Å². The lowest BCUT2D eigenvalue weighted by molar-refractivity contribution is 0.0696. The predicted molar refractivity (Wildman–Crippen MR) is 126 cm³/mol. The first-order valence-corrected chi connectivity index (χ1v) is 10.4. The van der Waals surface area contributed by atoms with Gasteiger partial charge in [0.05, 0.1) is 12.7 Å². The van der Waals surface area contributed by atoms with Crippen LogP contribution in [0.3, 0.4) is 0 Å². The minimum Gasteiger partial charge on any atom is -0.497 e. The summed E-state index contributed by atoms with van der Waals surface area (Å²) < 4.78 is 5.18. The highest BCUT2D eigenvalue weighted by Gasteiger charge is 2.10. The van der Waals surface area contributed by atoms with Gasteiger partial charge in [-0.2, -0.15) is 0 Å². The molecule has 0 atom stereocenters. The van der Waals surface area contributed by atoms with E-state index in [-0.39, 0.29) is 5.56 Å². The first-order chi connectivity index (χ1) is 15.6. The maximum absolute atomic E-state index is 11.3. The molecule has 164 valence electrons. The first kappa shape index (κ1) is 21.3. The summed E-state index contributed by atoms with van der Waals surface area (Å²) in [4.78, 5) is 22.4. The number of piperazine rings is 1. The van der Waals surface area contributed by atoms with E-state index in [0.29, 0.717) is 17.3 Å². The van der Waals surface area contributed by atoms with Crippen LogP contribution in [0, 0.1) is 0 Å². The molecule has 3 N–H and O–H groups in total. The van der Waals surface area contributed by atoms with Crippen molar-refractivity contribution in [2.75, 3.05) is 43.5 Å². The highest BCUT2D eigenvalue weighted by atomic mass is 16.5. The van der Waals surface area contributed by atoms with E-state index < -0.39 is 5.97 Å². The van der Waals surface area contributed by atoms with Crippen molar-refractivity contribution < 1.29 is 14.6 Å². The average molecular weight is 431 g/mol. The van der Waals surface area contributed by atoms with Crippen molar-refractivity contribution in [3.8, 4) is 5.75 Å². The van der Waals surface area contributed by atoms with Gasteiger partial charge in [0.2, 0.25) is 5.95 Å². The maximum Gasteiger partial charge on any atom is 0.335 e. The fraction of sp³-hybridized carbons (Fsp3) is 0.208. The van der Waals surface area contributed by atoms with Gasteiger partial charge in [-0.3, -0.25) is 0 Å². The number of ether oxygens (including phenoxy) is 1. The van der Waals surface area contributed by atoms with Crippen LogP contribution < -0.4 is 20.3 Å². The van der Waals surface area contributed by atoms with Crippen molar-refractivity contribution in [2.45, 2.75) is 0 Å². The number of anilines is 3. The summed E-state index contributed by atoms with van der Waals surface area (Å²) >= 11 is 0. The van der Waals surface area contributed by atoms with Gasteiger partial charge < -0.3 is 25.4 Å². The summed E-state index contributed by atoms with van der Waals surface area (Å²) in [7, 11) is 1.51. The topological polar surface area (TPSA) is 99.6 Å². The molecule has 32 heavy (non-hydrogen) atoms. The highest BCUT2D eigenvalue weighted by molar-refractivity contribution is 5.89. The standard InChI is InChI=1S/C24H25N5O3/c1-32-22-13-17(12-19(14-22)23(30)31)2-3-18-15-26-24(27-16-18)28-20-4-6-21(7-5-20)29-10-8-25-9-11-29/h2-7,12-16,25H,8-11H2,1H3,(H,30,31)(H,26,27,28)/b3-2+. The van der Waals surface area contributed by atoms with E-state index >= 15 is 0 Å². The number of methoxy groups -OCH3 is 1. The molecule has 8 heteroatoms. The lowest BCUT2D eigenvalue weighted by Gasteiger charge is -2.29. The molecule has 4 rings (SSSR count). The number of nitrogens with zero attached hydrogens (tertiary/aromatic N) is 3. The highest BCUT2D eigenvalue weighted by Crippen LogP contribution is 2.21. The number of rotatable bonds is 7. The molecule has 0 saturated carbocycles. The maximum atomic E-state index is 11.3. The van der Waals surface area contributed by atoms with Gasteiger partial charge >= 0.3 is 5.97 Å². The van der Waals surface area contributed by atoms with Gasteiger partial charge in [-0.1, -0.05) is 12.2 Å². The van der Waals surface area contributed by atoms with Crippen molar-refractivity contribution >= 4 is 35.4 Å². The Labute approximate surface area is 186 Å². The van der Waals surface area contributed by atoms with E-state index in [9.17, 15) is 9.90 Å². The van der Waals surface area contributed by atoms with Crippen LogP contribution >= 0.6 is 0 Å². The largest absolute Gasteiger partial charge is 0.497 e. The summed E-state index contributed by atoms with van der Waals surface area (Å²) in [5, 5.41) is 15.8. The van der Waals surface area contributed by atoms with E-state index in [1.54, 1.807) is 30.6 Å². The molecule has 0 bridgehead atoms. The molecule has 0 amide bonds. The third-order valence-corrected chi connectivity index (χ3v) is 5.16. The predicted octanol–water partition coefficient (Wildman–Crippen LogP) is 3.51. The SMILES string of the molecule is COc1cc(/C=C/c2cnc(Nc3ccc(N4CCNCC4)cc3)nc2)cc(C(=O)O)c1. The zero-order valence-corrected chi connectivity index (χ0v) is 17.8. The minimum atomic E-state index is -1.00. The molecule has 3 aromatic rings. The van der Waals surface area contributed by atoms with E-state index in [1.165, 1.54) is 18.9 Å². The monoisotopic (exact) mass is 431 g/mol. The Hall–Kier alpha value is -3.91. The van der Waals surface area contributed by atoms with E-state index in [4.69, 9.17) is 4.74 Å². The molecule has 2 aromatic carbocycles. The van der Waals surface area contributed by atoms with Crippen LogP contribution in [0.1, 0.15) is 21.5 Å². The number of carbonyl (C=O) groups is 1. The zero-order chi connectivity index (χ0) is 22.3. The lowest BCUT2D eigenvalue weighted by Crippen LogP contribution is -2.43. The molecule has 0 spiro atoms. The number of aromatic nitrogens is 2. The van der Waals surface area contributed by atoms with Gasteiger partial charge in [0.15, 0.2) is 0 Å². The number of carboxylic acids is 1. The van der Waals surface area contributed by atoms with Crippen molar-refractivity contribution in [3.05, 3.63) is 71.5 Å². The second-order valence-electron chi connectivity index (χ2n) is 7.38. The molecule has 0 unspecified atom stereocenters. The Morgan fingerprint density at radius 2 is 1.75 bits per heavy atom. The van der Waals surface area contributed by atoms with Crippen LogP contribution in [-0.4, -0.2) is 54.3 Å². The Kier molecular flexibility index (Phi) is 6.62. The van der Waals surface area contributed by atoms with Crippen LogP contribution in [0.2, 0.25) is 0 Å². The van der Waals surface area contributed by atoms with Crippen LogP contribution in [0.25, 0.3) is 12.2 Å². The number of nitrogens with one attached hydrogen (secondary N) is 2. The van der Waals surface area contributed by atoms with Crippen LogP contribution in [0.5, 0.6) is 5.75 Å². The lowest BCUT2D eigenvalue weighted by atomic mass is 10.1. The van der Waals surface area contributed by atoms with Crippen molar-refractivity contribution in [1.29, 1.82) is 0 Å². The molecular formula is C24H25N5O3. The summed E-state index contributed by atoms with van der Waals surface area (Å²) in [5.41, 5.74) is 3.81. The average Bonchev–Trinajstić information content (AvgIpc) is 2.84. The van der Waals surface area contributed by atoms with Crippen LogP contribution in [0.4, 0.5) is 17.3 Å². The molecule has 2 heterocycles. The zero-order valence-electron chi connectivity index (χ0n) is 17.8. The Morgan fingerprint density at radius 3 is 2.41 bits per heavy atom. The van der Waals surface area contributed by atoms with Crippen LogP contribution in [0.15, 0.2) is 54.9 Å². The third kappa shape index (κ3) is 5.41. The molecule has 0 radical (unpaired) electrons. The first-order valence-electron chi connectivity index (χ1n) is 10.4. The van der Waals surface area contributed by atoms with Crippen molar-refractivity contribution in [3.63, 3.8) is 0 Å². The number of hydrogen-bond donors (Lipinski definition) is 3. The number of benzene rings is 2. The smallest absolute Gasteiger partial charge is 0.335 e. The van der Waals surface area contributed by atoms with Gasteiger partial charge in [0.25, 0.3) is 0 Å². The molecule has 1 fully saturated rings. The summed E-state index contributed by atoms with van der Waals surface area (Å²) in [6, 6.07) is 13.1. The minimum absolute atomic E-state index is 0.169. The molecular weight excluding hydrogens is 406 g/mol. The van der Waals surface area contributed by atoms with Gasteiger partial charge in [0.1, 0.15) is 5.75 Å². The van der Waals surface area contributed by atoms with Crippen molar-refractivity contribution in [2.24, 2.45) is 0 Å². The third-order valence-electron chi connectivity index (χ3n) is 5.16. The van der Waals surface area contributed by atoms with Gasteiger partial charge in [-0.25, -0.2) is 14.8 Å². The molecule has 1 aromatic heterocycles. The summed E-state index contributed by atoms with van der Waals surface area (Å²) in [6.45, 7) is 4.04. The second-order valence-corrected chi connectivity index (χ2v) is 7.38. The fourth-order valence-corrected chi connectivity index (χ4v) is 3.45. The second kappa shape index (κ2) is 9.93. The molecule has 1 saturated heterocycles. The van der Waals surface area contributed by atoms with E-state index in [1.807, 2.05) is 18.2 Å². The molecule has 1 aliphatic rings.